The third-order valence-electron chi connectivity index (χ3n) is 3.51. The molecule has 1 amide bonds. The topological polar surface area (TPSA) is 58.4 Å². The number of hydrogen-bond donors (Lipinski definition) is 2. The van der Waals surface area contributed by atoms with E-state index in [9.17, 15) is 4.79 Å². The maximum atomic E-state index is 11.9. The van der Waals surface area contributed by atoms with Gasteiger partial charge < -0.3 is 16.0 Å². The monoisotopic (exact) mass is 241 g/mol. The zero-order chi connectivity index (χ0) is 13.1. The normalized spacial score (nSPS) is 24.4. The highest BCUT2D eigenvalue weighted by Gasteiger charge is 2.25. The van der Waals surface area contributed by atoms with E-state index in [1.54, 1.807) is 0 Å². The Morgan fingerprint density at radius 3 is 2.71 bits per heavy atom. The van der Waals surface area contributed by atoms with Gasteiger partial charge in [0.05, 0.1) is 0 Å². The molecule has 1 saturated heterocycles. The zero-order valence-corrected chi connectivity index (χ0v) is 11.6. The van der Waals surface area contributed by atoms with E-state index >= 15 is 0 Å². The fourth-order valence-electron chi connectivity index (χ4n) is 2.08. The van der Waals surface area contributed by atoms with Crippen molar-refractivity contribution in [2.75, 3.05) is 20.1 Å². The summed E-state index contributed by atoms with van der Waals surface area (Å²) in [5.41, 5.74) is 6.00. The Bertz CT molecular complexity index is 260. The lowest BCUT2D eigenvalue weighted by molar-refractivity contribution is -0.123. The Labute approximate surface area is 105 Å². The summed E-state index contributed by atoms with van der Waals surface area (Å²) in [4.78, 5) is 14.1. The number of likely N-dealkylation sites (N-methyl/N-ethyl adjacent to an activating group) is 1. The molecular weight excluding hydrogens is 214 g/mol. The quantitative estimate of drug-likeness (QED) is 0.774. The van der Waals surface area contributed by atoms with Gasteiger partial charge in [0, 0.05) is 25.0 Å². The van der Waals surface area contributed by atoms with Crippen LogP contribution in [0.2, 0.25) is 0 Å². The number of rotatable bonds is 3. The van der Waals surface area contributed by atoms with Crippen LogP contribution < -0.4 is 11.1 Å². The minimum Gasteiger partial charge on any atom is -0.352 e. The molecular formula is C13H27N3O. The molecule has 17 heavy (non-hydrogen) atoms. The highest BCUT2D eigenvalue weighted by molar-refractivity contribution is 5.77. The second kappa shape index (κ2) is 5.83. The SMILES string of the molecule is CN1CCCC(NC(=O)CC(N)C(C)(C)C)C1. The van der Waals surface area contributed by atoms with Crippen molar-refractivity contribution in [3.05, 3.63) is 0 Å². The van der Waals surface area contributed by atoms with Gasteiger partial charge >= 0.3 is 0 Å². The third kappa shape index (κ3) is 5.04. The van der Waals surface area contributed by atoms with Crippen LogP contribution in [0.25, 0.3) is 0 Å². The molecule has 2 unspecified atom stereocenters. The van der Waals surface area contributed by atoms with Gasteiger partial charge in [-0.1, -0.05) is 20.8 Å². The van der Waals surface area contributed by atoms with Gasteiger partial charge in [0.2, 0.25) is 5.91 Å². The summed E-state index contributed by atoms with van der Waals surface area (Å²) >= 11 is 0. The minimum absolute atomic E-state index is 0.0132. The molecule has 4 heteroatoms. The molecule has 1 heterocycles. The number of nitrogens with two attached hydrogens (primary N) is 1. The molecule has 4 nitrogen and oxygen atoms in total. The molecule has 2 atom stereocenters. The highest BCUT2D eigenvalue weighted by atomic mass is 16.1. The van der Waals surface area contributed by atoms with Crippen LogP contribution in [0.1, 0.15) is 40.0 Å². The predicted molar refractivity (Wildman–Crippen MR) is 70.7 cm³/mol. The standard InChI is InChI=1S/C13H27N3O/c1-13(2,3)11(14)8-12(17)15-10-6-5-7-16(4)9-10/h10-11H,5-9,14H2,1-4H3,(H,15,17). The lowest BCUT2D eigenvalue weighted by atomic mass is 9.85. The van der Waals surface area contributed by atoms with Crippen LogP contribution in [-0.4, -0.2) is 43.0 Å². The number of carbonyl (C=O) groups is 1. The van der Waals surface area contributed by atoms with Crippen LogP contribution in [0.15, 0.2) is 0 Å². The minimum atomic E-state index is -0.0798. The van der Waals surface area contributed by atoms with Crippen LogP contribution in [0.4, 0.5) is 0 Å². The van der Waals surface area contributed by atoms with Crippen LogP contribution >= 0.6 is 0 Å². The smallest absolute Gasteiger partial charge is 0.221 e. The zero-order valence-electron chi connectivity index (χ0n) is 11.6. The lowest BCUT2D eigenvalue weighted by Gasteiger charge is -2.31. The Morgan fingerprint density at radius 2 is 2.18 bits per heavy atom. The van der Waals surface area contributed by atoms with Gasteiger partial charge in [0.1, 0.15) is 0 Å². The van der Waals surface area contributed by atoms with Crippen molar-refractivity contribution < 1.29 is 4.79 Å². The molecule has 100 valence electrons. The summed E-state index contributed by atoms with van der Waals surface area (Å²) in [6, 6.07) is 0.220. The Hall–Kier alpha value is -0.610. The molecule has 1 rings (SSSR count). The summed E-state index contributed by atoms with van der Waals surface area (Å²) in [7, 11) is 2.10. The van der Waals surface area contributed by atoms with Gasteiger partial charge in [0.15, 0.2) is 0 Å². The highest BCUT2D eigenvalue weighted by Crippen LogP contribution is 2.19. The second-order valence-electron chi connectivity index (χ2n) is 6.35. The Morgan fingerprint density at radius 1 is 1.53 bits per heavy atom. The van der Waals surface area contributed by atoms with E-state index in [1.807, 2.05) is 0 Å². The summed E-state index contributed by atoms with van der Waals surface area (Å²) in [6.45, 7) is 8.29. The first-order valence-corrected chi connectivity index (χ1v) is 6.52. The van der Waals surface area contributed by atoms with E-state index in [4.69, 9.17) is 5.73 Å². The van der Waals surface area contributed by atoms with Gasteiger partial charge in [0.25, 0.3) is 0 Å². The van der Waals surface area contributed by atoms with Gasteiger partial charge in [-0.15, -0.1) is 0 Å². The Balaban J connectivity index is 2.34. The lowest BCUT2D eigenvalue weighted by Crippen LogP contribution is -2.48. The number of carbonyl (C=O) groups excluding carboxylic acids is 1. The first kappa shape index (κ1) is 14.5. The molecule has 0 aromatic carbocycles. The van der Waals surface area contributed by atoms with Gasteiger partial charge in [-0.05, 0) is 31.8 Å². The summed E-state index contributed by atoms with van der Waals surface area (Å²) < 4.78 is 0. The molecule has 1 aliphatic heterocycles. The average molecular weight is 241 g/mol. The first-order valence-electron chi connectivity index (χ1n) is 6.52. The Kier molecular flexibility index (Phi) is 4.95. The molecule has 0 bridgehead atoms. The van der Waals surface area contributed by atoms with Crippen molar-refractivity contribution in [3.63, 3.8) is 0 Å². The summed E-state index contributed by atoms with van der Waals surface area (Å²) in [6.07, 6.45) is 2.66. The van der Waals surface area contributed by atoms with E-state index in [2.05, 4.69) is 38.0 Å². The molecule has 0 saturated carbocycles. The van der Waals surface area contributed by atoms with Crippen molar-refractivity contribution in [1.82, 2.24) is 10.2 Å². The number of hydrogen-bond acceptors (Lipinski definition) is 3. The maximum absolute atomic E-state index is 11.9. The molecule has 0 aromatic rings. The number of nitrogens with one attached hydrogen (secondary N) is 1. The van der Waals surface area contributed by atoms with E-state index in [0.717, 1.165) is 25.9 Å². The van der Waals surface area contributed by atoms with Crippen LogP contribution in [0, 0.1) is 5.41 Å². The van der Waals surface area contributed by atoms with Gasteiger partial charge in [-0.2, -0.15) is 0 Å². The maximum Gasteiger partial charge on any atom is 0.221 e. The molecule has 1 fully saturated rings. The molecule has 0 spiro atoms. The van der Waals surface area contributed by atoms with Crippen molar-refractivity contribution in [2.45, 2.75) is 52.1 Å². The average Bonchev–Trinajstić information content (AvgIpc) is 2.15. The summed E-state index contributed by atoms with van der Waals surface area (Å²) in [5, 5.41) is 3.09. The third-order valence-corrected chi connectivity index (χ3v) is 3.51. The number of nitrogens with zero attached hydrogens (tertiary/aromatic N) is 1. The number of piperidine rings is 1. The van der Waals surface area contributed by atoms with Gasteiger partial charge in [-0.3, -0.25) is 4.79 Å². The fourth-order valence-corrected chi connectivity index (χ4v) is 2.08. The van der Waals surface area contributed by atoms with E-state index in [-0.39, 0.29) is 17.4 Å². The largest absolute Gasteiger partial charge is 0.352 e. The van der Waals surface area contributed by atoms with E-state index < -0.39 is 0 Å². The molecule has 3 N–H and O–H groups in total. The fraction of sp³-hybridized carbons (Fsp3) is 0.923. The number of likely N-dealkylation sites (tertiary alicyclic amines) is 1. The van der Waals surface area contributed by atoms with Crippen molar-refractivity contribution in [3.8, 4) is 0 Å². The molecule has 0 aliphatic carbocycles. The van der Waals surface area contributed by atoms with Gasteiger partial charge in [-0.25, -0.2) is 0 Å². The van der Waals surface area contributed by atoms with Crippen molar-refractivity contribution in [2.24, 2.45) is 11.1 Å². The van der Waals surface area contributed by atoms with Crippen LogP contribution in [-0.2, 0) is 4.79 Å². The van der Waals surface area contributed by atoms with Crippen LogP contribution in [0.3, 0.4) is 0 Å². The first-order chi connectivity index (χ1) is 7.79. The second-order valence-corrected chi connectivity index (χ2v) is 6.35. The number of amides is 1. The predicted octanol–water partition coefficient (Wildman–Crippen LogP) is 0.960. The van der Waals surface area contributed by atoms with E-state index in [0.29, 0.717) is 12.5 Å². The van der Waals surface area contributed by atoms with Crippen molar-refractivity contribution >= 4 is 5.91 Å². The van der Waals surface area contributed by atoms with Crippen LogP contribution in [0.5, 0.6) is 0 Å². The molecule has 1 aliphatic rings. The molecule has 0 radical (unpaired) electrons. The molecule has 0 aromatic heterocycles. The van der Waals surface area contributed by atoms with E-state index in [1.165, 1.54) is 0 Å². The van der Waals surface area contributed by atoms with Crippen molar-refractivity contribution in [1.29, 1.82) is 0 Å². The summed E-state index contributed by atoms with van der Waals surface area (Å²) in [5.74, 6) is 0.0905.